The van der Waals surface area contributed by atoms with Crippen molar-refractivity contribution in [2.24, 2.45) is 4.99 Å². The number of rotatable bonds is 6. The lowest BCUT2D eigenvalue weighted by Gasteiger charge is -2.10. The van der Waals surface area contributed by atoms with Gasteiger partial charge in [0.25, 0.3) is 0 Å². The Labute approximate surface area is 199 Å². The Morgan fingerprint density at radius 3 is 2.53 bits per heavy atom. The molecule has 0 saturated carbocycles. The summed E-state index contributed by atoms with van der Waals surface area (Å²) in [5, 5.41) is 0.785. The average Bonchev–Trinajstić information content (AvgIpc) is 3.01. The monoisotopic (exact) mass is 575 g/mol. The highest BCUT2D eigenvalue weighted by Crippen LogP contribution is 2.36. The van der Waals surface area contributed by atoms with Gasteiger partial charge in [-0.25, -0.2) is 14.6 Å². The van der Waals surface area contributed by atoms with Crippen LogP contribution in [0.3, 0.4) is 0 Å². The van der Waals surface area contributed by atoms with Gasteiger partial charge in [-0.15, -0.1) is 0 Å². The standard InChI is InChI=1S/C20H13Br2Cl2NO5/c1-2-28-17(26)9-29-18-13(21)5-10(6-14(18)22)7-16-20(27)30-19(25-16)12-4-3-11(23)8-15(12)24/h3-8H,2,9H2,1H3/b16-7-. The molecule has 6 nitrogen and oxygen atoms in total. The number of aliphatic imine (C=N–C) groups is 1. The molecule has 0 spiro atoms. The van der Waals surface area contributed by atoms with Gasteiger partial charge in [0, 0.05) is 5.02 Å². The molecule has 0 saturated heterocycles. The van der Waals surface area contributed by atoms with Gasteiger partial charge in [0.2, 0.25) is 5.90 Å². The van der Waals surface area contributed by atoms with Crippen molar-refractivity contribution in [1.29, 1.82) is 0 Å². The van der Waals surface area contributed by atoms with E-state index in [4.69, 9.17) is 37.4 Å². The zero-order chi connectivity index (χ0) is 21.8. The molecule has 156 valence electrons. The number of nitrogens with zero attached hydrogens (tertiary/aromatic N) is 1. The summed E-state index contributed by atoms with van der Waals surface area (Å²) in [5.74, 6) is -0.554. The molecule has 0 unspecified atom stereocenters. The van der Waals surface area contributed by atoms with Crippen LogP contribution in [0.5, 0.6) is 5.75 Å². The maximum absolute atomic E-state index is 12.2. The van der Waals surface area contributed by atoms with Crippen LogP contribution in [0.4, 0.5) is 0 Å². The number of hydrogen-bond donors (Lipinski definition) is 0. The third-order valence-corrected chi connectivity index (χ3v) is 5.47. The number of cyclic esters (lactones) is 1. The van der Waals surface area contributed by atoms with Gasteiger partial charge in [0.15, 0.2) is 12.3 Å². The van der Waals surface area contributed by atoms with Crippen molar-refractivity contribution in [1.82, 2.24) is 0 Å². The second kappa shape index (κ2) is 9.96. The summed E-state index contributed by atoms with van der Waals surface area (Å²) in [4.78, 5) is 28.0. The van der Waals surface area contributed by atoms with E-state index in [9.17, 15) is 9.59 Å². The first-order chi connectivity index (χ1) is 14.3. The van der Waals surface area contributed by atoms with Crippen LogP contribution in [-0.4, -0.2) is 31.1 Å². The van der Waals surface area contributed by atoms with Crippen molar-refractivity contribution < 1.29 is 23.8 Å². The average molecular weight is 578 g/mol. The molecule has 0 radical (unpaired) electrons. The summed E-state index contributed by atoms with van der Waals surface area (Å²) in [6, 6.07) is 8.23. The van der Waals surface area contributed by atoms with E-state index in [1.807, 2.05) is 0 Å². The van der Waals surface area contributed by atoms with Crippen LogP contribution >= 0.6 is 55.1 Å². The second-order valence-corrected chi connectivity index (χ2v) is 8.42. The Morgan fingerprint density at radius 2 is 1.90 bits per heavy atom. The molecular formula is C20H13Br2Cl2NO5. The summed E-state index contributed by atoms with van der Waals surface area (Å²) in [6.45, 7) is 1.76. The summed E-state index contributed by atoms with van der Waals surface area (Å²) < 4.78 is 16.7. The van der Waals surface area contributed by atoms with Crippen molar-refractivity contribution in [2.45, 2.75) is 6.92 Å². The molecule has 0 atom stereocenters. The van der Waals surface area contributed by atoms with Gasteiger partial charge < -0.3 is 14.2 Å². The zero-order valence-corrected chi connectivity index (χ0v) is 20.1. The summed E-state index contributed by atoms with van der Waals surface area (Å²) in [7, 11) is 0. The van der Waals surface area contributed by atoms with Crippen molar-refractivity contribution in [3.8, 4) is 5.75 Å². The van der Waals surface area contributed by atoms with Crippen molar-refractivity contribution in [3.63, 3.8) is 0 Å². The topological polar surface area (TPSA) is 74.2 Å². The summed E-state index contributed by atoms with van der Waals surface area (Å²) in [5.41, 5.74) is 1.22. The molecule has 0 bridgehead atoms. The first-order valence-electron chi connectivity index (χ1n) is 8.54. The van der Waals surface area contributed by atoms with Crippen LogP contribution in [-0.2, 0) is 19.1 Å². The Hall–Kier alpha value is -1.87. The smallest absolute Gasteiger partial charge is 0.363 e. The summed E-state index contributed by atoms with van der Waals surface area (Å²) in [6.07, 6.45) is 1.56. The minimum atomic E-state index is -0.606. The lowest BCUT2D eigenvalue weighted by Crippen LogP contribution is -2.15. The fourth-order valence-electron chi connectivity index (χ4n) is 2.48. The van der Waals surface area contributed by atoms with Crippen LogP contribution in [0, 0.1) is 0 Å². The Kier molecular flexibility index (Phi) is 7.57. The molecule has 2 aromatic rings. The Morgan fingerprint density at radius 1 is 1.20 bits per heavy atom. The number of benzene rings is 2. The molecule has 1 aliphatic heterocycles. The van der Waals surface area contributed by atoms with E-state index in [1.54, 1.807) is 43.3 Å². The number of carbonyl (C=O) groups excluding carboxylic acids is 2. The van der Waals surface area contributed by atoms with Crippen LogP contribution in [0.15, 0.2) is 50.0 Å². The SMILES string of the molecule is CCOC(=O)COc1c(Br)cc(/C=C2\N=C(c3ccc(Cl)cc3Cl)OC2=O)cc1Br. The molecule has 2 aromatic carbocycles. The molecule has 3 rings (SSSR count). The molecule has 30 heavy (non-hydrogen) atoms. The number of hydrogen-bond acceptors (Lipinski definition) is 6. The maximum Gasteiger partial charge on any atom is 0.363 e. The molecule has 10 heteroatoms. The van der Waals surface area contributed by atoms with E-state index in [1.165, 1.54) is 0 Å². The van der Waals surface area contributed by atoms with E-state index in [0.717, 1.165) is 0 Å². The van der Waals surface area contributed by atoms with Gasteiger partial charge in [0.1, 0.15) is 5.75 Å². The normalized spacial score (nSPS) is 14.5. The third-order valence-electron chi connectivity index (χ3n) is 3.75. The van der Waals surface area contributed by atoms with Crippen LogP contribution in [0.1, 0.15) is 18.1 Å². The zero-order valence-electron chi connectivity index (χ0n) is 15.4. The van der Waals surface area contributed by atoms with Crippen molar-refractivity contribution >= 4 is 79.0 Å². The van der Waals surface area contributed by atoms with Gasteiger partial charge in [-0.3, -0.25) is 0 Å². The maximum atomic E-state index is 12.2. The van der Waals surface area contributed by atoms with Crippen LogP contribution < -0.4 is 4.74 Å². The predicted molar refractivity (Wildman–Crippen MR) is 121 cm³/mol. The second-order valence-electron chi connectivity index (χ2n) is 5.87. The highest BCUT2D eigenvalue weighted by atomic mass is 79.9. The lowest BCUT2D eigenvalue weighted by atomic mass is 10.2. The molecule has 0 N–H and O–H groups in total. The van der Waals surface area contributed by atoms with Crippen LogP contribution in [0.25, 0.3) is 6.08 Å². The lowest BCUT2D eigenvalue weighted by molar-refractivity contribution is -0.145. The number of esters is 2. The number of ether oxygens (including phenoxy) is 3. The van der Waals surface area contributed by atoms with Gasteiger partial charge in [-0.1, -0.05) is 23.2 Å². The number of carbonyl (C=O) groups is 2. The highest BCUT2D eigenvalue weighted by Gasteiger charge is 2.26. The van der Waals surface area contributed by atoms with Gasteiger partial charge in [0.05, 0.1) is 26.1 Å². The third kappa shape index (κ3) is 5.43. The molecule has 0 aliphatic carbocycles. The first kappa shape index (κ1) is 22.8. The predicted octanol–water partition coefficient (Wildman–Crippen LogP) is 5.80. The van der Waals surface area contributed by atoms with Crippen molar-refractivity contribution in [2.75, 3.05) is 13.2 Å². The fourth-order valence-corrected chi connectivity index (χ4v) is 4.42. The quantitative estimate of drug-likeness (QED) is 0.320. The molecule has 0 aromatic heterocycles. The minimum Gasteiger partial charge on any atom is -0.480 e. The van der Waals surface area contributed by atoms with Gasteiger partial charge >= 0.3 is 11.9 Å². The molecule has 0 fully saturated rings. The minimum absolute atomic E-state index is 0.0976. The first-order valence-corrected chi connectivity index (χ1v) is 10.9. The van der Waals surface area contributed by atoms with E-state index in [-0.39, 0.29) is 24.8 Å². The van der Waals surface area contributed by atoms with Gasteiger partial charge in [-0.05, 0) is 80.8 Å². The number of halogens is 4. The van der Waals surface area contributed by atoms with Crippen LogP contribution in [0.2, 0.25) is 10.0 Å². The molecule has 1 aliphatic rings. The Balaban J connectivity index is 1.84. The fraction of sp³-hybridized carbons (Fsp3) is 0.150. The van der Waals surface area contributed by atoms with E-state index < -0.39 is 11.9 Å². The van der Waals surface area contributed by atoms with E-state index in [0.29, 0.717) is 35.9 Å². The van der Waals surface area contributed by atoms with E-state index >= 15 is 0 Å². The van der Waals surface area contributed by atoms with Crippen molar-refractivity contribution in [3.05, 3.63) is 66.1 Å². The largest absolute Gasteiger partial charge is 0.480 e. The van der Waals surface area contributed by atoms with Gasteiger partial charge in [-0.2, -0.15) is 0 Å². The summed E-state index contributed by atoms with van der Waals surface area (Å²) >= 11 is 18.9. The van der Waals surface area contributed by atoms with E-state index in [2.05, 4.69) is 36.9 Å². The highest BCUT2D eigenvalue weighted by molar-refractivity contribution is 9.11. The molecular weight excluding hydrogens is 565 g/mol. The molecule has 0 amide bonds. The molecule has 1 heterocycles. The Bertz CT molecular complexity index is 1060.